The van der Waals surface area contributed by atoms with E-state index in [2.05, 4.69) is 9.97 Å². The molecule has 0 radical (unpaired) electrons. The van der Waals surface area contributed by atoms with Gasteiger partial charge in [-0.2, -0.15) is 0 Å². The number of para-hydroxylation sites is 1. The second kappa shape index (κ2) is 6.16. The number of fused-ring (bicyclic) bond motifs is 2. The van der Waals surface area contributed by atoms with Crippen molar-refractivity contribution in [2.24, 2.45) is 5.92 Å². The number of rotatable bonds is 2. The molecule has 128 valence electrons. The summed E-state index contributed by atoms with van der Waals surface area (Å²) in [7, 11) is 0. The molecule has 1 atom stereocenters. The molecule has 0 bridgehead atoms. The van der Waals surface area contributed by atoms with Crippen LogP contribution in [-0.2, 0) is 6.42 Å². The van der Waals surface area contributed by atoms with E-state index in [1.807, 2.05) is 12.3 Å². The van der Waals surface area contributed by atoms with Gasteiger partial charge < -0.3 is 10.0 Å². The Morgan fingerprint density at radius 3 is 3.08 bits per heavy atom. The summed E-state index contributed by atoms with van der Waals surface area (Å²) in [5, 5.41) is 11.5. The first-order chi connectivity index (χ1) is 12.1. The van der Waals surface area contributed by atoms with Crippen LogP contribution in [0.15, 0.2) is 29.9 Å². The van der Waals surface area contributed by atoms with Crippen molar-refractivity contribution >= 4 is 33.1 Å². The van der Waals surface area contributed by atoms with E-state index in [-0.39, 0.29) is 36.4 Å². The monoisotopic (exact) mass is 357 g/mol. The number of nitrogens with zero attached hydrogens (tertiary/aromatic N) is 3. The molecule has 3 heterocycles. The molecule has 1 N–H and O–H groups in total. The fraction of sp³-hybridized carbons (Fsp3) is 0.278. The average molecular weight is 357 g/mol. The highest BCUT2D eigenvalue weighted by atomic mass is 32.1. The van der Waals surface area contributed by atoms with Crippen LogP contribution in [0.4, 0.5) is 10.1 Å². The molecule has 1 aliphatic rings. The predicted octanol–water partition coefficient (Wildman–Crippen LogP) is 2.95. The molecule has 0 spiro atoms. The van der Waals surface area contributed by atoms with Crippen molar-refractivity contribution in [3.63, 3.8) is 0 Å². The molecular weight excluding hydrogens is 341 g/mol. The van der Waals surface area contributed by atoms with Gasteiger partial charge in [-0.3, -0.25) is 4.79 Å². The zero-order valence-corrected chi connectivity index (χ0v) is 14.4. The molecule has 25 heavy (non-hydrogen) atoms. The number of anilines is 1. The minimum absolute atomic E-state index is 0.0585. The van der Waals surface area contributed by atoms with Gasteiger partial charge in [-0.25, -0.2) is 14.4 Å². The summed E-state index contributed by atoms with van der Waals surface area (Å²) >= 11 is 1.41. The average Bonchev–Trinajstić information content (AvgIpc) is 3.01. The number of hydrogen-bond donors (Lipinski definition) is 1. The van der Waals surface area contributed by atoms with Gasteiger partial charge in [0, 0.05) is 19.1 Å². The first-order valence-corrected chi connectivity index (χ1v) is 8.87. The predicted molar refractivity (Wildman–Crippen MR) is 94.5 cm³/mol. The van der Waals surface area contributed by atoms with Gasteiger partial charge >= 0.3 is 0 Å². The van der Waals surface area contributed by atoms with E-state index in [1.54, 1.807) is 12.1 Å². The summed E-state index contributed by atoms with van der Waals surface area (Å²) in [5.74, 6) is -0.922. The van der Waals surface area contributed by atoms with Crippen molar-refractivity contribution in [3.05, 3.63) is 52.5 Å². The number of carbonyl (C=O) groups is 1. The van der Waals surface area contributed by atoms with Gasteiger partial charge in [0.15, 0.2) is 0 Å². The Morgan fingerprint density at radius 1 is 1.44 bits per heavy atom. The lowest BCUT2D eigenvalue weighted by Gasteiger charge is -2.34. The first kappa shape index (κ1) is 16.1. The molecule has 2 aromatic heterocycles. The number of amides is 1. The van der Waals surface area contributed by atoms with E-state index in [1.165, 1.54) is 28.6 Å². The van der Waals surface area contributed by atoms with Crippen molar-refractivity contribution in [2.75, 3.05) is 18.1 Å². The van der Waals surface area contributed by atoms with Gasteiger partial charge in [-0.1, -0.05) is 12.1 Å². The summed E-state index contributed by atoms with van der Waals surface area (Å²) in [5.41, 5.74) is 3.02. The Kier molecular flexibility index (Phi) is 3.97. The molecule has 7 heteroatoms. The van der Waals surface area contributed by atoms with E-state index in [4.69, 9.17) is 0 Å². The smallest absolute Gasteiger partial charge is 0.278 e. The zero-order valence-electron chi connectivity index (χ0n) is 13.6. The fourth-order valence-corrected chi connectivity index (χ4v) is 4.29. The van der Waals surface area contributed by atoms with Crippen molar-refractivity contribution in [1.29, 1.82) is 0 Å². The highest BCUT2D eigenvalue weighted by Gasteiger charge is 2.32. The summed E-state index contributed by atoms with van der Waals surface area (Å²) in [4.78, 5) is 23.0. The number of hydrogen-bond acceptors (Lipinski definition) is 5. The third-order valence-electron chi connectivity index (χ3n) is 4.53. The largest absolute Gasteiger partial charge is 0.396 e. The molecular formula is C18H16FN3O2S. The van der Waals surface area contributed by atoms with E-state index in [9.17, 15) is 14.3 Å². The normalized spacial score (nSPS) is 16.9. The van der Waals surface area contributed by atoms with Crippen LogP contribution in [0.3, 0.4) is 0 Å². The maximum absolute atomic E-state index is 14.5. The number of aryl methyl sites for hydroxylation is 1. The van der Waals surface area contributed by atoms with Crippen molar-refractivity contribution in [1.82, 2.24) is 9.97 Å². The Labute approximate surface area is 147 Å². The zero-order chi connectivity index (χ0) is 17.6. The molecule has 1 aromatic carbocycles. The lowest BCUT2D eigenvalue weighted by Crippen LogP contribution is -2.42. The highest BCUT2D eigenvalue weighted by Crippen LogP contribution is 2.34. The maximum Gasteiger partial charge on any atom is 0.278 e. The summed E-state index contributed by atoms with van der Waals surface area (Å²) in [6.07, 6.45) is 1.91. The van der Waals surface area contributed by atoms with Crippen LogP contribution in [0, 0.1) is 18.7 Å². The number of aliphatic hydroxyl groups is 1. The van der Waals surface area contributed by atoms with E-state index >= 15 is 0 Å². The molecule has 0 aliphatic carbocycles. The third-order valence-corrected chi connectivity index (χ3v) is 5.62. The molecule has 1 aliphatic heterocycles. The van der Waals surface area contributed by atoms with Gasteiger partial charge in [0.25, 0.3) is 5.91 Å². The number of benzene rings is 1. The molecule has 0 saturated heterocycles. The molecule has 1 amide bonds. The Hall–Kier alpha value is -2.38. The molecule has 0 fully saturated rings. The van der Waals surface area contributed by atoms with Crippen molar-refractivity contribution in [3.8, 4) is 0 Å². The van der Waals surface area contributed by atoms with Crippen LogP contribution in [0.5, 0.6) is 0 Å². The van der Waals surface area contributed by atoms with Crippen LogP contribution in [0.2, 0.25) is 0 Å². The number of aliphatic hydroxyl groups excluding tert-OH is 1. The Morgan fingerprint density at radius 2 is 2.28 bits per heavy atom. The first-order valence-electron chi connectivity index (χ1n) is 7.99. The fourth-order valence-electron chi connectivity index (χ4n) is 3.31. The van der Waals surface area contributed by atoms with Gasteiger partial charge in [0.2, 0.25) is 0 Å². The van der Waals surface area contributed by atoms with Crippen LogP contribution in [0.1, 0.15) is 21.6 Å². The maximum atomic E-state index is 14.5. The molecule has 3 aromatic rings. The standard InChI is InChI=1S/C18H16FN3O2S/c1-10-8-25-17-14(10)20-9-21-15(17)18(24)22-6-11(7-23)5-12-3-2-4-13(19)16(12)22/h2-4,8-9,11,23H,5-7H2,1H3. The topological polar surface area (TPSA) is 66.3 Å². The minimum Gasteiger partial charge on any atom is -0.396 e. The molecule has 1 unspecified atom stereocenters. The Balaban J connectivity index is 1.84. The second-order valence-electron chi connectivity index (χ2n) is 6.23. The Bertz CT molecular complexity index is 972. The molecule has 0 saturated carbocycles. The highest BCUT2D eigenvalue weighted by molar-refractivity contribution is 7.17. The van der Waals surface area contributed by atoms with Gasteiger partial charge in [-0.05, 0) is 35.9 Å². The lowest BCUT2D eigenvalue weighted by molar-refractivity contribution is 0.0970. The SMILES string of the molecule is Cc1csc2c(C(=O)N3CC(CO)Cc4cccc(F)c43)ncnc12. The van der Waals surface area contributed by atoms with Crippen LogP contribution < -0.4 is 4.90 Å². The number of carbonyl (C=O) groups excluding carboxylic acids is 1. The summed E-state index contributed by atoms with van der Waals surface area (Å²) < 4.78 is 15.2. The van der Waals surface area contributed by atoms with Gasteiger partial charge in [-0.15, -0.1) is 11.3 Å². The molecule has 4 rings (SSSR count). The summed E-state index contributed by atoms with van der Waals surface area (Å²) in [6.45, 7) is 2.13. The van der Waals surface area contributed by atoms with Crippen LogP contribution >= 0.6 is 11.3 Å². The van der Waals surface area contributed by atoms with Crippen LogP contribution in [0.25, 0.3) is 10.2 Å². The van der Waals surface area contributed by atoms with E-state index in [0.29, 0.717) is 11.1 Å². The van der Waals surface area contributed by atoms with Gasteiger partial charge in [0.05, 0.1) is 15.9 Å². The lowest BCUT2D eigenvalue weighted by atomic mass is 9.92. The molecule has 5 nitrogen and oxygen atoms in total. The number of aromatic nitrogens is 2. The van der Waals surface area contributed by atoms with E-state index < -0.39 is 5.82 Å². The number of halogens is 1. The quantitative estimate of drug-likeness (QED) is 0.766. The number of thiophene rings is 1. The van der Waals surface area contributed by atoms with Crippen molar-refractivity contribution in [2.45, 2.75) is 13.3 Å². The third kappa shape index (κ3) is 2.60. The van der Waals surface area contributed by atoms with Crippen LogP contribution in [-0.4, -0.2) is 34.1 Å². The van der Waals surface area contributed by atoms with Gasteiger partial charge in [0.1, 0.15) is 17.8 Å². The van der Waals surface area contributed by atoms with E-state index in [0.717, 1.165) is 16.6 Å². The van der Waals surface area contributed by atoms with Crippen molar-refractivity contribution < 1.29 is 14.3 Å². The second-order valence-corrected chi connectivity index (χ2v) is 7.11. The minimum atomic E-state index is -0.435. The summed E-state index contributed by atoms with van der Waals surface area (Å²) in [6, 6.07) is 4.77.